The molecule has 1 aliphatic heterocycles. The van der Waals surface area contributed by atoms with Crippen molar-refractivity contribution in [3.8, 4) is 0 Å². The Kier molecular flexibility index (Phi) is 6.06. The molecular formula is C19H29N3O3. The summed E-state index contributed by atoms with van der Waals surface area (Å²) in [5.74, 6) is 0.846. The van der Waals surface area contributed by atoms with E-state index in [0.29, 0.717) is 31.6 Å². The molecule has 0 aliphatic carbocycles. The number of benzene rings is 1. The molecule has 1 aromatic rings. The van der Waals surface area contributed by atoms with Gasteiger partial charge in [-0.2, -0.15) is 0 Å². The van der Waals surface area contributed by atoms with Gasteiger partial charge < -0.3 is 14.4 Å². The predicted molar refractivity (Wildman–Crippen MR) is 99.9 cm³/mol. The van der Waals surface area contributed by atoms with Gasteiger partial charge in [0.15, 0.2) is 0 Å². The average molecular weight is 347 g/mol. The Morgan fingerprint density at radius 3 is 2.52 bits per heavy atom. The van der Waals surface area contributed by atoms with Crippen LogP contribution in [0.15, 0.2) is 29.4 Å². The molecule has 0 saturated carbocycles. The first-order valence-electron chi connectivity index (χ1n) is 8.61. The normalized spacial score (nSPS) is 20.0. The molecule has 0 spiro atoms. The minimum absolute atomic E-state index is 0.399. The Hall–Kier alpha value is -2.08. The smallest absolute Gasteiger partial charge is 0.393 e. The molecule has 1 aromatic carbocycles. The van der Waals surface area contributed by atoms with Crippen molar-refractivity contribution in [2.75, 3.05) is 38.9 Å². The topological polar surface area (TPSA) is 54.4 Å². The molecule has 2 rings (SSSR count). The van der Waals surface area contributed by atoms with E-state index in [1.54, 1.807) is 14.1 Å². The lowest BCUT2D eigenvalue weighted by molar-refractivity contribution is 0.0630. The summed E-state index contributed by atoms with van der Waals surface area (Å²) in [6, 6.07) is 8.12. The molecule has 0 radical (unpaired) electrons. The predicted octanol–water partition coefficient (Wildman–Crippen LogP) is 3.51. The summed E-state index contributed by atoms with van der Waals surface area (Å²) in [4.78, 5) is 13.4. The lowest BCUT2D eigenvalue weighted by Crippen LogP contribution is -2.39. The highest BCUT2D eigenvalue weighted by atomic mass is 16.6. The summed E-state index contributed by atoms with van der Waals surface area (Å²) in [6.07, 6.45) is -0.431. The molecule has 0 aromatic heterocycles. The molecule has 1 aliphatic rings. The van der Waals surface area contributed by atoms with E-state index in [4.69, 9.17) is 9.47 Å². The average Bonchev–Trinajstić information content (AvgIpc) is 2.84. The fourth-order valence-corrected chi connectivity index (χ4v) is 2.47. The van der Waals surface area contributed by atoms with Crippen LogP contribution in [0.3, 0.4) is 0 Å². The van der Waals surface area contributed by atoms with Crippen molar-refractivity contribution in [1.29, 1.82) is 0 Å². The van der Waals surface area contributed by atoms with Gasteiger partial charge >= 0.3 is 6.09 Å². The molecule has 0 N–H and O–H groups in total. The SMILES string of the molecule is Cc1ccc(N2CC(C)(COCC(C)C)C(OC(=O)N(C)C)=N2)cc1. The number of carbonyl (C=O) groups excluding carboxylic acids is 1. The van der Waals surface area contributed by atoms with Crippen LogP contribution in [0.1, 0.15) is 26.3 Å². The molecule has 0 fully saturated rings. The first kappa shape index (κ1) is 19.2. The van der Waals surface area contributed by atoms with E-state index >= 15 is 0 Å². The summed E-state index contributed by atoms with van der Waals surface area (Å²) in [7, 11) is 3.31. The Morgan fingerprint density at radius 1 is 1.32 bits per heavy atom. The summed E-state index contributed by atoms with van der Waals surface area (Å²) >= 11 is 0. The van der Waals surface area contributed by atoms with E-state index in [-0.39, 0.29) is 0 Å². The van der Waals surface area contributed by atoms with Crippen LogP contribution in [0, 0.1) is 18.3 Å². The first-order valence-corrected chi connectivity index (χ1v) is 8.61. The van der Waals surface area contributed by atoms with Crippen molar-refractivity contribution in [3.63, 3.8) is 0 Å². The molecule has 6 nitrogen and oxygen atoms in total. The molecule has 6 heteroatoms. The van der Waals surface area contributed by atoms with Gasteiger partial charge in [-0.05, 0) is 31.9 Å². The number of aryl methyl sites for hydroxylation is 1. The van der Waals surface area contributed by atoms with E-state index in [2.05, 4.69) is 18.9 Å². The lowest BCUT2D eigenvalue weighted by atomic mass is 9.92. The highest BCUT2D eigenvalue weighted by Crippen LogP contribution is 2.32. The number of hydrazone groups is 1. The zero-order valence-corrected chi connectivity index (χ0v) is 16.1. The monoisotopic (exact) mass is 347 g/mol. The minimum Gasteiger partial charge on any atom is -0.393 e. The third kappa shape index (κ3) is 4.95. The molecule has 0 bridgehead atoms. The number of amides is 1. The third-order valence-corrected chi connectivity index (χ3v) is 3.98. The van der Waals surface area contributed by atoms with E-state index in [0.717, 1.165) is 5.69 Å². The second-order valence-corrected chi connectivity index (χ2v) is 7.53. The number of nitrogens with zero attached hydrogens (tertiary/aromatic N) is 3. The van der Waals surface area contributed by atoms with Gasteiger partial charge in [-0.1, -0.05) is 31.5 Å². The maximum Gasteiger partial charge on any atom is 0.415 e. The van der Waals surface area contributed by atoms with Gasteiger partial charge in [0.2, 0.25) is 5.90 Å². The number of anilines is 1. The van der Waals surface area contributed by atoms with Crippen LogP contribution in [0.4, 0.5) is 10.5 Å². The Morgan fingerprint density at radius 2 is 1.96 bits per heavy atom. The van der Waals surface area contributed by atoms with Gasteiger partial charge in [0, 0.05) is 20.7 Å². The highest BCUT2D eigenvalue weighted by molar-refractivity contribution is 5.94. The molecule has 1 unspecified atom stereocenters. The molecule has 25 heavy (non-hydrogen) atoms. The van der Waals surface area contributed by atoms with E-state index in [1.165, 1.54) is 10.5 Å². The Labute approximate surface area is 150 Å². The molecule has 1 atom stereocenters. The largest absolute Gasteiger partial charge is 0.415 e. The van der Waals surface area contributed by atoms with Crippen LogP contribution in [-0.2, 0) is 9.47 Å². The van der Waals surface area contributed by atoms with Crippen LogP contribution in [0.25, 0.3) is 0 Å². The van der Waals surface area contributed by atoms with Crippen molar-refractivity contribution in [1.82, 2.24) is 4.90 Å². The first-order chi connectivity index (χ1) is 11.7. The van der Waals surface area contributed by atoms with Gasteiger partial charge in [0.05, 0.1) is 24.3 Å². The second kappa shape index (κ2) is 7.87. The third-order valence-electron chi connectivity index (χ3n) is 3.98. The summed E-state index contributed by atoms with van der Waals surface area (Å²) in [5.41, 5.74) is 1.68. The quantitative estimate of drug-likeness (QED) is 0.818. The summed E-state index contributed by atoms with van der Waals surface area (Å²) in [5, 5.41) is 6.43. The van der Waals surface area contributed by atoms with Gasteiger partial charge in [0.1, 0.15) is 0 Å². The molecule has 0 saturated heterocycles. The number of carbonyl (C=O) groups is 1. The Bertz CT molecular complexity index is 625. The van der Waals surface area contributed by atoms with Crippen molar-refractivity contribution in [3.05, 3.63) is 29.8 Å². The van der Waals surface area contributed by atoms with Crippen molar-refractivity contribution >= 4 is 17.7 Å². The fraction of sp³-hybridized carbons (Fsp3) is 0.579. The second-order valence-electron chi connectivity index (χ2n) is 7.53. The zero-order chi connectivity index (χ0) is 18.6. The van der Waals surface area contributed by atoms with Crippen LogP contribution in [-0.4, -0.2) is 50.7 Å². The van der Waals surface area contributed by atoms with Crippen molar-refractivity contribution in [2.45, 2.75) is 27.7 Å². The number of hydrogen-bond acceptors (Lipinski definition) is 5. The van der Waals surface area contributed by atoms with Gasteiger partial charge in [-0.15, -0.1) is 5.10 Å². The van der Waals surface area contributed by atoms with Crippen LogP contribution in [0.2, 0.25) is 0 Å². The molecule has 1 heterocycles. The van der Waals surface area contributed by atoms with E-state index < -0.39 is 11.5 Å². The number of hydrogen-bond donors (Lipinski definition) is 0. The zero-order valence-electron chi connectivity index (χ0n) is 16.1. The fourth-order valence-electron chi connectivity index (χ4n) is 2.47. The van der Waals surface area contributed by atoms with Crippen LogP contribution < -0.4 is 5.01 Å². The van der Waals surface area contributed by atoms with Gasteiger partial charge in [-0.3, -0.25) is 5.01 Å². The van der Waals surface area contributed by atoms with Crippen LogP contribution in [0.5, 0.6) is 0 Å². The highest BCUT2D eigenvalue weighted by Gasteiger charge is 2.42. The standard InChI is InChI=1S/C19H29N3O3/c1-14(2)11-24-13-19(4)12-22(16-9-7-15(3)8-10-16)20-17(19)25-18(23)21(5)6/h7-10,14H,11-13H2,1-6H3. The maximum atomic E-state index is 12.0. The van der Waals surface area contributed by atoms with E-state index in [1.807, 2.05) is 43.1 Å². The summed E-state index contributed by atoms with van der Waals surface area (Å²) in [6.45, 7) is 9.99. The number of rotatable bonds is 5. The van der Waals surface area contributed by atoms with Crippen molar-refractivity contribution < 1.29 is 14.3 Å². The number of ether oxygens (including phenoxy) is 2. The minimum atomic E-state index is -0.481. The molecule has 138 valence electrons. The summed E-state index contributed by atoms with van der Waals surface area (Å²) < 4.78 is 11.4. The molecule has 1 amide bonds. The van der Waals surface area contributed by atoms with E-state index in [9.17, 15) is 4.79 Å². The van der Waals surface area contributed by atoms with Gasteiger partial charge in [0.25, 0.3) is 0 Å². The Balaban J connectivity index is 2.20. The van der Waals surface area contributed by atoms with Crippen molar-refractivity contribution in [2.24, 2.45) is 16.4 Å². The lowest BCUT2D eigenvalue weighted by Gasteiger charge is -2.26. The van der Waals surface area contributed by atoms with Gasteiger partial charge in [-0.25, -0.2) is 4.79 Å². The molecular weight excluding hydrogens is 318 g/mol. The van der Waals surface area contributed by atoms with Crippen LogP contribution >= 0.6 is 0 Å². The maximum absolute atomic E-state index is 12.0.